The molecule has 0 saturated heterocycles. The summed E-state index contributed by atoms with van der Waals surface area (Å²) in [5, 5.41) is 15.8. The third-order valence-corrected chi connectivity index (χ3v) is 4.30. The van der Waals surface area contributed by atoms with Crippen molar-refractivity contribution in [1.82, 2.24) is 9.99 Å². The highest BCUT2D eigenvalue weighted by atomic mass is 16.6. The van der Waals surface area contributed by atoms with Crippen LogP contribution in [0.5, 0.6) is 0 Å². The van der Waals surface area contributed by atoms with E-state index >= 15 is 0 Å². The number of amides is 1. The number of nitro benzene ring substituents is 1. The standard InChI is InChI=1S/C19H18N4O3/c1-3-22-13(2)17(16-6-4-5-7-18(16)22)12-20-21-19(24)14-8-10-15(11-9-14)23(25)26/h4-12H,3H2,1-2H3,(H,21,24)/b20-12+. The molecule has 1 amide bonds. The molecule has 0 atom stereocenters. The number of nitrogens with zero attached hydrogens (tertiary/aromatic N) is 3. The van der Waals surface area contributed by atoms with Crippen LogP contribution < -0.4 is 5.43 Å². The van der Waals surface area contributed by atoms with Gasteiger partial charge in [-0.05, 0) is 32.0 Å². The summed E-state index contributed by atoms with van der Waals surface area (Å²) in [5.41, 5.74) is 5.85. The normalized spacial score (nSPS) is 11.2. The fourth-order valence-electron chi connectivity index (χ4n) is 2.98. The first-order valence-corrected chi connectivity index (χ1v) is 8.18. The summed E-state index contributed by atoms with van der Waals surface area (Å²) < 4.78 is 2.19. The number of para-hydroxylation sites is 1. The van der Waals surface area contributed by atoms with Crippen LogP contribution in [0.1, 0.15) is 28.5 Å². The number of benzene rings is 2. The quantitative estimate of drug-likeness (QED) is 0.433. The molecule has 132 valence electrons. The summed E-state index contributed by atoms with van der Waals surface area (Å²) in [6.07, 6.45) is 1.63. The lowest BCUT2D eigenvalue weighted by Crippen LogP contribution is -2.17. The Balaban J connectivity index is 1.80. The summed E-state index contributed by atoms with van der Waals surface area (Å²) in [5.74, 6) is -0.423. The molecular formula is C19H18N4O3. The molecule has 7 nitrogen and oxygen atoms in total. The Labute approximate surface area is 150 Å². The second kappa shape index (κ2) is 7.18. The van der Waals surface area contributed by atoms with Gasteiger partial charge in [-0.15, -0.1) is 0 Å². The molecule has 3 aromatic rings. The minimum atomic E-state index is -0.508. The highest BCUT2D eigenvalue weighted by Gasteiger charge is 2.12. The lowest BCUT2D eigenvalue weighted by molar-refractivity contribution is -0.384. The van der Waals surface area contributed by atoms with Gasteiger partial charge in [0.05, 0.1) is 11.1 Å². The van der Waals surface area contributed by atoms with Gasteiger partial charge in [-0.2, -0.15) is 5.10 Å². The maximum absolute atomic E-state index is 12.1. The van der Waals surface area contributed by atoms with Crippen molar-refractivity contribution in [3.63, 3.8) is 0 Å². The maximum Gasteiger partial charge on any atom is 0.271 e. The van der Waals surface area contributed by atoms with Gasteiger partial charge < -0.3 is 4.57 Å². The van der Waals surface area contributed by atoms with Crippen molar-refractivity contribution in [2.75, 3.05) is 0 Å². The van der Waals surface area contributed by atoms with Crippen LogP contribution in [0.25, 0.3) is 10.9 Å². The largest absolute Gasteiger partial charge is 0.344 e. The zero-order valence-electron chi connectivity index (χ0n) is 14.5. The molecule has 0 bridgehead atoms. The number of rotatable bonds is 5. The van der Waals surface area contributed by atoms with Crippen LogP contribution in [0.4, 0.5) is 5.69 Å². The smallest absolute Gasteiger partial charge is 0.271 e. The average Bonchev–Trinajstić information content (AvgIpc) is 2.93. The number of hydrogen-bond acceptors (Lipinski definition) is 4. The molecule has 0 aliphatic rings. The van der Waals surface area contributed by atoms with Gasteiger partial charge in [-0.1, -0.05) is 18.2 Å². The lowest BCUT2D eigenvalue weighted by atomic mass is 10.1. The Morgan fingerprint density at radius 1 is 1.23 bits per heavy atom. The van der Waals surface area contributed by atoms with E-state index < -0.39 is 10.8 Å². The van der Waals surface area contributed by atoms with Crippen molar-refractivity contribution in [2.24, 2.45) is 5.10 Å². The number of aromatic nitrogens is 1. The van der Waals surface area contributed by atoms with Crippen molar-refractivity contribution >= 4 is 28.7 Å². The fourth-order valence-corrected chi connectivity index (χ4v) is 2.98. The number of hydrogen-bond donors (Lipinski definition) is 1. The monoisotopic (exact) mass is 350 g/mol. The Kier molecular flexibility index (Phi) is 4.79. The average molecular weight is 350 g/mol. The number of non-ortho nitro benzene ring substituents is 1. The van der Waals surface area contributed by atoms with Crippen molar-refractivity contribution in [3.8, 4) is 0 Å². The summed E-state index contributed by atoms with van der Waals surface area (Å²) in [6.45, 7) is 4.94. The molecule has 2 aromatic carbocycles. The van der Waals surface area contributed by atoms with Gasteiger partial charge in [0.25, 0.3) is 11.6 Å². The number of hydrazone groups is 1. The van der Waals surface area contributed by atoms with Crippen LogP contribution in [-0.2, 0) is 6.54 Å². The Bertz CT molecular complexity index is 1000. The van der Waals surface area contributed by atoms with Crippen LogP contribution in [0.15, 0.2) is 53.6 Å². The van der Waals surface area contributed by atoms with Gasteiger partial charge >= 0.3 is 0 Å². The van der Waals surface area contributed by atoms with Crippen LogP contribution >= 0.6 is 0 Å². The minimum Gasteiger partial charge on any atom is -0.344 e. The Hall–Kier alpha value is -3.48. The second-order valence-electron chi connectivity index (χ2n) is 5.76. The minimum absolute atomic E-state index is 0.0620. The molecule has 0 aliphatic heterocycles. The van der Waals surface area contributed by atoms with Gasteiger partial charge in [-0.25, -0.2) is 5.43 Å². The van der Waals surface area contributed by atoms with E-state index in [1.54, 1.807) is 6.21 Å². The SMILES string of the molecule is CCn1c(C)c(/C=N/NC(=O)c2ccc([N+](=O)[O-])cc2)c2ccccc21. The van der Waals surface area contributed by atoms with Gasteiger partial charge in [0, 0.05) is 46.4 Å². The van der Waals surface area contributed by atoms with Crippen LogP contribution in [0, 0.1) is 17.0 Å². The third kappa shape index (κ3) is 3.19. The van der Waals surface area contributed by atoms with E-state index in [1.807, 2.05) is 25.1 Å². The van der Waals surface area contributed by atoms with E-state index in [4.69, 9.17) is 0 Å². The van der Waals surface area contributed by atoms with E-state index in [0.717, 1.165) is 28.7 Å². The van der Waals surface area contributed by atoms with E-state index in [9.17, 15) is 14.9 Å². The maximum atomic E-state index is 12.1. The molecule has 3 rings (SSSR count). The molecule has 26 heavy (non-hydrogen) atoms. The summed E-state index contributed by atoms with van der Waals surface area (Å²) in [4.78, 5) is 22.3. The van der Waals surface area contributed by atoms with Crippen molar-refractivity contribution in [1.29, 1.82) is 0 Å². The molecule has 0 spiro atoms. The van der Waals surface area contributed by atoms with Crippen LogP contribution in [0.2, 0.25) is 0 Å². The topological polar surface area (TPSA) is 89.5 Å². The third-order valence-electron chi connectivity index (χ3n) is 4.30. The predicted molar refractivity (Wildman–Crippen MR) is 101 cm³/mol. The summed E-state index contributed by atoms with van der Waals surface area (Å²) in [6, 6.07) is 13.4. The number of aryl methyl sites for hydroxylation is 1. The number of nitrogens with one attached hydrogen (secondary N) is 1. The molecule has 1 N–H and O–H groups in total. The predicted octanol–water partition coefficient (Wildman–Crippen LogP) is 3.64. The number of carbonyl (C=O) groups excluding carboxylic acids is 1. The van der Waals surface area contributed by atoms with E-state index in [-0.39, 0.29) is 5.69 Å². The van der Waals surface area contributed by atoms with E-state index in [0.29, 0.717) is 5.56 Å². The molecule has 0 saturated carbocycles. The molecule has 1 heterocycles. The van der Waals surface area contributed by atoms with E-state index in [2.05, 4.69) is 28.1 Å². The van der Waals surface area contributed by atoms with Gasteiger partial charge in [0.15, 0.2) is 0 Å². The number of fused-ring (bicyclic) bond motifs is 1. The number of carbonyl (C=O) groups is 1. The molecular weight excluding hydrogens is 332 g/mol. The molecule has 7 heteroatoms. The fraction of sp³-hybridized carbons (Fsp3) is 0.158. The second-order valence-corrected chi connectivity index (χ2v) is 5.76. The van der Waals surface area contributed by atoms with Crippen molar-refractivity contribution in [3.05, 3.63) is 75.5 Å². The zero-order valence-corrected chi connectivity index (χ0v) is 14.5. The Morgan fingerprint density at radius 3 is 2.58 bits per heavy atom. The first-order chi connectivity index (χ1) is 12.5. The van der Waals surface area contributed by atoms with Crippen LogP contribution in [-0.4, -0.2) is 21.6 Å². The molecule has 0 fully saturated rings. The van der Waals surface area contributed by atoms with Crippen molar-refractivity contribution in [2.45, 2.75) is 20.4 Å². The van der Waals surface area contributed by atoms with E-state index in [1.165, 1.54) is 24.3 Å². The molecule has 0 aliphatic carbocycles. The lowest BCUT2D eigenvalue weighted by Gasteiger charge is -2.03. The summed E-state index contributed by atoms with van der Waals surface area (Å²) >= 11 is 0. The molecule has 0 unspecified atom stereocenters. The first kappa shape index (κ1) is 17.3. The van der Waals surface area contributed by atoms with Crippen LogP contribution in [0.3, 0.4) is 0 Å². The molecule has 1 aromatic heterocycles. The number of nitro groups is 1. The highest BCUT2D eigenvalue weighted by Crippen LogP contribution is 2.24. The molecule has 0 radical (unpaired) electrons. The summed E-state index contributed by atoms with van der Waals surface area (Å²) in [7, 11) is 0. The Morgan fingerprint density at radius 2 is 1.92 bits per heavy atom. The van der Waals surface area contributed by atoms with Gasteiger partial charge in [0.1, 0.15) is 0 Å². The zero-order chi connectivity index (χ0) is 18.7. The first-order valence-electron chi connectivity index (χ1n) is 8.18. The van der Waals surface area contributed by atoms with Gasteiger partial charge in [-0.3, -0.25) is 14.9 Å². The van der Waals surface area contributed by atoms with Crippen molar-refractivity contribution < 1.29 is 9.72 Å². The van der Waals surface area contributed by atoms with Gasteiger partial charge in [0.2, 0.25) is 0 Å². The highest BCUT2D eigenvalue weighted by molar-refractivity contribution is 6.02.